The van der Waals surface area contributed by atoms with Gasteiger partial charge < -0.3 is 13.7 Å². The van der Waals surface area contributed by atoms with Crippen LogP contribution in [-0.2, 0) is 12.7 Å². The van der Waals surface area contributed by atoms with Gasteiger partial charge in [-0.15, -0.1) is 5.10 Å². The summed E-state index contributed by atoms with van der Waals surface area (Å²) in [6.07, 6.45) is 0.602. The molecule has 0 atom stereocenters. The van der Waals surface area contributed by atoms with Gasteiger partial charge in [-0.3, -0.25) is 0 Å². The van der Waals surface area contributed by atoms with Crippen LogP contribution < -0.4 is 10.5 Å². The lowest BCUT2D eigenvalue weighted by Gasteiger charge is -2.10. The van der Waals surface area contributed by atoms with Crippen LogP contribution in [0.3, 0.4) is 0 Å². The fraction of sp³-hybridized carbons (Fsp3) is 0.150. The summed E-state index contributed by atoms with van der Waals surface area (Å²) in [5, 5.41) is 4.12. The van der Waals surface area contributed by atoms with Crippen LogP contribution in [0.5, 0.6) is 5.75 Å². The first-order chi connectivity index (χ1) is 14.3. The summed E-state index contributed by atoms with van der Waals surface area (Å²) in [4.78, 5) is 16.3. The summed E-state index contributed by atoms with van der Waals surface area (Å²) in [6.45, 7) is 0.0503. The zero-order chi connectivity index (χ0) is 21.3. The number of hydrogen-bond acceptors (Lipinski definition) is 5. The molecule has 0 bridgehead atoms. The van der Waals surface area contributed by atoms with E-state index in [9.17, 15) is 18.0 Å². The Labute approximate surface area is 168 Å². The van der Waals surface area contributed by atoms with Gasteiger partial charge in [-0.1, -0.05) is 0 Å². The minimum absolute atomic E-state index is 0.0503. The van der Waals surface area contributed by atoms with E-state index in [1.807, 2.05) is 12.1 Å². The first-order valence-electron chi connectivity index (χ1n) is 8.76. The van der Waals surface area contributed by atoms with Gasteiger partial charge in [-0.25, -0.2) is 9.78 Å². The first-order valence-corrected chi connectivity index (χ1v) is 8.76. The smallest absolute Gasteiger partial charge is 0.437 e. The molecule has 4 rings (SSSR count). The first kappa shape index (κ1) is 19.5. The predicted octanol–water partition coefficient (Wildman–Crippen LogP) is 3.76. The summed E-state index contributed by atoms with van der Waals surface area (Å²) in [7, 11) is 1.51. The fourth-order valence-corrected chi connectivity index (χ4v) is 2.95. The molecule has 7 nitrogen and oxygen atoms in total. The molecule has 0 aliphatic carbocycles. The van der Waals surface area contributed by atoms with Crippen LogP contribution in [-0.4, -0.2) is 26.4 Å². The molecule has 2 aromatic carbocycles. The van der Waals surface area contributed by atoms with Crippen molar-refractivity contribution in [2.45, 2.75) is 12.7 Å². The number of ether oxygens (including phenoxy) is 1. The molecule has 0 spiro atoms. The number of alkyl halides is 3. The van der Waals surface area contributed by atoms with Gasteiger partial charge in [0.05, 0.1) is 25.5 Å². The Morgan fingerprint density at radius 1 is 1.13 bits per heavy atom. The zero-order valence-corrected chi connectivity index (χ0v) is 15.6. The van der Waals surface area contributed by atoms with Gasteiger partial charge in [0.2, 0.25) is 5.89 Å². The van der Waals surface area contributed by atoms with E-state index in [4.69, 9.17) is 9.15 Å². The molecule has 2 aromatic heterocycles. The molecule has 2 heterocycles. The van der Waals surface area contributed by atoms with Crippen LogP contribution in [0, 0.1) is 0 Å². The number of nitrogens with zero attached hydrogens (tertiary/aromatic N) is 4. The number of aromatic nitrogens is 4. The number of benzene rings is 2. The normalized spacial score (nSPS) is 11.6. The van der Waals surface area contributed by atoms with E-state index < -0.39 is 17.5 Å². The van der Waals surface area contributed by atoms with Crippen molar-refractivity contribution in [2.75, 3.05) is 7.11 Å². The quantitative estimate of drug-likeness (QED) is 0.495. The number of halogens is 3. The molecular formula is C20H15F3N4O3. The number of imidazole rings is 1. The Morgan fingerprint density at radius 3 is 2.53 bits per heavy atom. The summed E-state index contributed by atoms with van der Waals surface area (Å²) in [5.74, 6) is -0.261. The van der Waals surface area contributed by atoms with Crippen molar-refractivity contribution in [3.8, 4) is 22.9 Å². The molecule has 0 aliphatic heterocycles. The molecule has 0 fully saturated rings. The average molecular weight is 416 g/mol. The Hall–Kier alpha value is -3.82. The molecule has 0 N–H and O–H groups in total. The van der Waals surface area contributed by atoms with Crippen molar-refractivity contribution in [1.29, 1.82) is 0 Å². The molecule has 0 aliphatic rings. The maximum absolute atomic E-state index is 12.7. The van der Waals surface area contributed by atoms with E-state index in [1.54, 1.807) is 29.4 Å². The molecule has 10 heteroatoms. The summed E-state index contributed by atoms with van der Waals surface area (Å²) < 4.78 is 51.6. The van der Waals surface area contributed by atoms with Crippen LogP contribution in [0.15, 0.2) is 70.4 Å². The van der Waals surface area contributed by atoms with Crippen LogP contribution in [0.25, 0.3) is 17.1 Å². The van der Waals surface area contributed by atoms with Gasteiger partial charge in [0, 0.05) is 29.2 Å². The van der Waals surface area contributed by atoms with Crippen molar-refractivity contribution in [2.24, 2.45) is 0 Å². The Bertz CT molecular complexity index is 1210. The summed E-state index contributed by atoms with van der Waals surface area (Å²) in [6, 6.07) is 9.64. The predicted molar refractivity (Wildman–Crippen MR) is 100 cm³/mol. The molecule has 30 heavy (non-hydrogen) atoms. The van der Waals surface area contributed by atoms with E-state index in [0.717, 1.165) is 22.5 Å². The largest absolute Gasteiger partial charge is 0.496 e. The number of methoxy groups -OCH3 is 1. The van der Waals surface area contributed by atoms with E-state index in [2.05, 4.69) is 10.1 Å². The van der Waals surface area contributed by atoms with Gasteiger partial charge in [0.25, 0.3) is 0 Å². The minimum Gasteiger partial charge on any atom is -0.496 e. The van der Waals surface area contributed by atoms with E-state index >= 15 is 0 Å². The van der Waals surface area contributed by atoms with Crippen LogP contribution in [0.2, 0.25) is 0 Å². The van der Waals surface area contributed by atoms with Crippen molar-refractivity contribution >= 4 is 0 Å². The SMILES string of the molecule is COc1ccc(-n2ccnc2)cc1Cn1nc(-c2ccc(C(F)(F)F)cc2)oc1=O. The zero-order valence-electron chi connectivity index (χ0n) is 15.6. The molecule has 0 saturated carbocycles. The third-order valence-corrected chi connectivity index (χ3v) is 4.45. The van der Waals surface area contributed by atoms with Crippen molar-refractivity contribution in [3.05, 3.63) is 82.9 Å². The third kappa shape index (κ3) is 3.84. The van der Waals surface area contributed by atoms with Crippen molar-refractivity contribution < 1.29 is 22.3 Å². The van der Waals surface area contributed by atoms with Crippen LogP contribution in [0.4, 0.5) is 13.2 Å². The Morgan fingerprint density at radius 2 is 1.90 bits per heavy atom. The van der Waals surface area contributed by atoms with Crippen molar-refractivity contribution in [1.82, 2.24) is 19.3 Å². The average Bonchev–Trinajstić information content (AvgIpc) is 3.38. The lowest BCUT2D eigenvalue weighted by molar-refractivity contribution is -0.137. The second-order valence-corrected chi connectivity index (χ2v) is 6.37. The summed E-state index contributed by atoms with van der Waals surface area (Å²) in [5.41, 5.74) is 0.938. The second-order valence-electron chi connectivity index (χ2n) is 6.37. The Balaban J connectivity index is 1.64. The molecule has 154 valence electrons. The standard InChI is InChI=1S/C20H15F3N4O3/c1-29-17-7-6-16(26-9-8-24-12-26)10-14(17)11-27-19(28)30-18(25-27)13-2-4-15(5-3-13)20(21,22)23/h2-10,12H,11H2,1H3. The minimum atomic E-state index is -4.45. The van der Waals surface area contributed by atoms with Gasteiger partial charge in [-0.05, 0) is 42.5 Å². The van der Waals surface area contributed by atoms with Gasteiger partial charge >= 0.3 is 11.9 Å². The number of rotatable bonds is 5. The fourth-order valence-electron chi connectivity index (χ4n) is 2.95. The highest BCUT2D eigenvalue weighted by Crippen LogP contribution is 2.30. The molecule has 0 radical (unpaired) electrons. The van der Waals surface area contributed by atoms with Gasteiger partial charge in [0.1, 0.15) is 5.75 Å². The summed E-state index contributed by atoms with van der Waals surface area (Å²) >= 11 is 0. The van der Waals surface area contributed by atoms with E-state index in [-0.39, 0.29) is 18.0 Å². The van der Waals surface area contributed by atoms with E-state index in [1.165, 1.54) is 19.2 Å². The van der Waals surface area contributed by atoms with Crippen LogP contribution >= 0.6 is 0 Å². The highest BCUT2D eigenvalue weighted by molar-refractivity contribution is 5.53. The highest BCUT2D eigenvalue weighted by atomic mass is 19.4. The highest BCUT2D eigenvalue weighted by Gasteiger charge is 2.30. The topological polar surface area (TPSA) is 75.1 Å². The van der Waals surface area contributed by atoms with Gasteiger partial charge in [-0.2, -0.15) is 17.9 Å². The molecule has 0 saturated heterocycles. The number of hydrogen-bond donors (Lipinski definition) is 0. The molecular weight excluding hydrogens is 401 g/mol. The maximum Gasteiger partial charge on any atom is 0.437 e. The second kappa shape index (κ2) is 7.54. The Kier molecular flexibility index (Phi) is 4.90. The third-order valence-electron chi connectivity index (χ3n) is 4.45. The maximum atomic E-state index is 12.7. The van der Waals surface area contributed by atoms with Gasteiger partial charge in [0.15, 0.2) is 0 Å². The molecule has 4 aromatic rings. The molecule has 0 amide bonds. The van der Waals surface area contributed by atoms with Crippen LogP contribution in [0.1, 0.15) is 11.1 Å². The van der Waals surface area contributed by atoms with E-state index in [0.29, 0.717) is 11.3 Å². The van der Waals surface area contributed by atoms with Crippen molar-refractivity contribution in [3.63, 3.8) is 0 Å². The lowest BCUT2D eigenvalue weighted by Crippen LogP contribution is -2.17. The lowest BCUT2D eigenvalue weighted by atomic mass is 10.1. The molecule has 0 unspecified atom stereocenters. The monoisotopic (exact) mass is 416 g/mol.